The second-order valence-corrected chi connectivity index (χ2v) is 7.32. The molecule has 29 heavy (non-hydrogen) atoms. The molecule has 7 nitrogen and oxygen atoms in total. The summed E-state index contributed by atoms with van der Waals surface area (Å²) in [5.74, 6) is -0.0994. The first kappa shape index (κ1) is 20.4. The van der Waals surface area contributed by atoms with Crippen LogP contribution in [0.2, 0.25) is 0 Å². The molecule has 0 atom stereocenters. The predicted molar refractivity (Wildman–Crippen MR) is 110 cm³/mol. The number of carbonyl (C=O) groups excluding carboxylic acids is 3. The Bertz CT molecular complexity index is 870. The molecule has 2 aromatic rings. The highest BCUT2D eigenvalue weighted by Gasteiger charge is 2.24. The topological polar surface area (TPSA) is 105 Å². The van der Waals surface area contributed by atoms with Gasteiger partial charge in [0.25, 0.3) is 11.8 Å². The van der Waals surface area contributed by atoms with E-state index in [1.807, 2.05) is 36.1 Å². The quantitative estimate of drug-likeness (QED) is 0.724. The Kier molecular flexibility index (Phi) is 6.49. The number of hydrogen-bond donors (Lipinski definition) is 3. The van der Waals surface area contributed by atoms with Crippen molar-refractivity contribution < 1.29 is 14.4 Å². The molecule has 4 N–H and O–H groups in total. The molecule has 1 saturated heterocycles. The maximum Gasteiger partial charge on any atom is 0.312 e. The van der Waals surface area contributed by atoms with Gasteiger partial charge in [0.2, 0.25) is 0 Å². The van der Waals surface area contributed by atoms with Gasteiger partial charge in [-0.25, -0.2) is 4.79 Å². The zero-order valence-electron chi connectivity index (χ0n) is 16.5. The second kappa shape index (κ2) is 9.23. The molecule has 2 aromatic carbocycles. The summed E-state index contributed by atoms with van der Waals surface area (Å²) >= 11 is 0. The molecule has 0 aromatic heterocycles. The van der Waals surface area contributed by atoms with Gasteiger partial charge in [0.15, 0.2) is 0 Å². The monoisotopic (exact) mass is 394 g/mol. The number of rotatable bonds is 5. The fraction of sp³-hybridized carbons (Fsp3) is 0.318. The van der Waals surface area contributed by atoms with E-state index in [1.54, 1.807) is 24.3 Å². The lowest BCUT2D eigenvalue weighted by Crippen LogP contribution is -2.46. The van der Waals surface area contributed by atoms with Crippen molar-refractivity contribution in [2.45, 2.75) is 32.4 Å². The van der Waals surface area contributed by atoms with E-state index in [4.69, 9.17) is 5.73 Å². The first-order valence-electron chi connectivity index (χ1n) is 9.71. The number of piperidine rings is 1. The van der Waals surface area contributed by atoms with Crippen molar-refractivity contribution in [1.29, 1.82) is 0 Å². The number of likely N-dealkylation sites (tertiary alicyclic amines) is 1. The van der Waals surface area contributed by atoms with Gasteiger partial charge in [-0.1, -0.05) is 29.8 Å². The largest absolute Gasteiger partial charge is 0.352 e. The summed E-state index contributed by atoms with van der Waals surface area (Å²) in [7, 11) is 0. The summed E-state index contributed by atoms with van der Waals surface area (Å²) in [6.07, 6.45) is 1.45. The maximum absolute atomic E-state index is 12.6. The Morgan fingerprint density at radius 2 is 1.55 bits per heavy atom. The summed E-state index contributed by atoms with van der Waals surface area (Å²) < 4.78 is 0. The van der Waals surface area contributed by atoms with Gasteiger partial charge < -0.3 is 21.3 Å². The molecule has 1 fully saturated rings. The van der Waals surface area contributed by atoms with Crippen LogP contribution in [0.15, 0.2) is 48.5 Å². The number of nitrogens with zero attached hydrogens (tertiary/aromatic N) is 1. The molecule has 0 aliphatic carbocycles. The lowest BCUT2D eigenvalue weighted by Gasteiger charge is -2.32. The molecule has 152 valence electrons. The molecule has 4 amide bonds. The van der Waals surface area contributed by atoms with Crippen LogP contribution >= 0.6 is 0 Å². The van der Waals surface area contributed by atoms with E-state index >= 15 is 0 Å². The minimum absolute atomic E-state index is 0.0370. The Morgan fingerprint density at radius 1 is 0.966 bits per heavy atom. The Labute approximate surface area is 170 Å². The van der Waals surface area contributed by atoms with Gasteiger partial charge in [0.1, 0.15) is 0 Å². The summed E-state index contributed by atoms with van der Waals surface area (Å²) in [5.41, 5.74) is 8.30. The Balaban J connectivity index is 1.48. The number of carbonyl (C=O) groups is 3. The highest BCUT2D eigenvalue weighted by atomic mass is 16.2. The lowest BCUT2D eigenvalue weighted by atomic mass is 10.0. The third-order valence-corrected chi connectivity index (χ3v) is 5.10. The average molecular weight is 394 g/mol. The summed E-state index contributed by atoms with van der Waals surface area (Å²) in [6, 6.07) is 14.1. The number of primary amides is 1. The molecular formula is C22H26N4O3. The third kappa shape index (κ3) is 5.57. The van der Waals surface area contributed by atoms with Crippen LogP contribution in [-0.2, 0) is 6.54 Å². The second-order valence-electron chi connectivity index (χ2n) is 7.32. The minimum atomic E-state index is -0.584. The molecule has 7 heteroatoms. The van der Waals surface area contributed by atoms with Crippen LogP contribution in [0, 0.1) is 6.92 Å². The van der Waals surface area contributed by atoms with Crippen molar-refractivity contribution in [3.05, 3.63) is 70.8 Å². The van der Waals surface area contributed by atoms with E-state index in [2.05, 4.69) is 10.6 Å². The first-order valence-corrected chi connectivity index (χ1v) is 9.71. The number of aryl methyl sites for hydroxylation is 1. The molecule has 0 bridgehead atoms. The van der Waals surface area contributed by atoms with Crippen molar-refractivity contribution in [2.75, 3.05) is 13.1 Å². The minimum Gasteiger partial charge on any atom is -0.352 e. The van der Waals surface area contributed by atoms with Crippen LogP contribution in [0.5, 0.6) is 0 Å². The van der Waals surface area contributed by atoms with Gasteiger partial charge in [0, 0.05) is 36.8 Å². The van der Waals surface area contributed by atoms with E-state index in [9.17, 15) is 14.4 Å². The van der Waals surface area contributed by atoms with Crippen molar-refractivity contribution in [1.82, 2.24) is 15.5 Å². The maximum atomic E-state index is 12.6. The van der Waals surface area contributed by atoms with Crippen molar-refractivity contribution >= 4 is 17.8 Å². The molecule has 1 aliphatic heterocycles. The van der Waals surface area contributed by atoms with E-state index in [0.29, 0.717) is 30.8 Å². The number of nitrogens with two attached hydrogens (primary N) is 1. The predicted octanol–water partition coefficient (Wildman–Crippen LogP) is 2.20. The highest BCUT2D eigenvalue weighted by molar-refractivity contribution is 5.95. The van der Waals surface area contributed by atoms with E-state index in [-0.39, 0.29) is 17.9 Å². The number of nitrogens with one attached hydrogen (secondary N) is 2. The third-order valence-electron chi connectivity index (χ3n) is 5.10. The number of urea groups is 1. The van der Waals surface area contributed by atoms with Crippen LogP contribution in [-0.4, -0.2) is 41.9 Å². The Hall–Kier alpha value is -3.35. The molecule has 0 unspecified atom stereocenters. The summed E-state index contributed by atoms with van der Waals surface area (Å²) in [6.45, 7) is 3.56. The van der Waals surface area contributed by atoms with Crippen LogP contribution in [0.3, 0.4) is 0 Å². The summed E-state index contributed by atoms with van der Waals surface area (Å²) in [4.78, 5) is 37.7. The van der Waals surface area contributed by atoms with Crippen molar-refractivity contribution in [3.8, 4) is 0 Å². The van der Waals surface area contributed by atoms with Crippen molar-refractivity contribution in [2.24, 2.45) is 5.73 Å². The first-order chi connectivity index (χ1) is 13.9. The molecule has 1 heterocycles. The smallest absolute Gasteiger partial charge is 0.312 e. The van der Waals surface area contributed by atoms with Gasteiger partial charge in [-0.05, 0) is 49.6 Å². The average Bonchev–Trinajstić information content (AvgIpc) is 2.73. The fourth-order valence-corrected chi connectivity index (χ4v) is 3.34. The number of hydrogen-bond acceptors (Lipinski definition) is 3. The molecule has 3 rings (SSSR count). The van der Waals surface area contributed by atoms with Crippen LogP contribution < -0.4 is 16.4 Å². The standard InChI is InChI=1S/C22H26N4O3/c1-15-2-6-18(7-3-15)21(28)26-12-10-19(11-13-26)25-20(27)17-8-4-16(5-9-17)14-24-22(23)29/h2-9,19H,10-14H2,1H3,(H,25,27)(H3,23,24,29). The summed E-state index contributed by atoms with van der Waals surface area (Å²) in [5, 5.41) is 5.55. The highest BCUT2D eigenvalue weighted by Crippen LogP contribution is 2.15. The van der Waals surface area contributed by atoms with Gasteiger partial charge in [-0.15, -0.1) is 0 Å². The molecule has 0 spiro atoms. The van der Waals surface area contributed by atoms with Crippen LogP contribution in [0.25, 0.3) is 0 Å². The molecular weight excluding hydrogens is 368 g/mol. The zero-order valence-corrected chi connectivity index (χ0v) is 16.5. The van der Waals surface area contributed by atoms with Gasteiger partial charge in [0.05, 0.1) is 0 Å². The molecule has 1 aliphatic rings. The van der Waals surface area contributed by atoms with E-state index < -0.39 is 6.03 Å². The zero-order chi connectivity index (χ0) is 20.8. The number of amides is 4. The van der Waals surface area contributed by atoms with Crippen LogP contribution in [0.1, 0.15) is 44.7 Å². The van der Waals surface area contributed by atoms with Gasteiger partial charge in [-0.3, -0.25) is 9.59 Å². The fourth-order valence-electron chi connectivity index (χ4n) is 3.34. The number of benzene rings is 2. The van der Waals surface area contributed by atoms with Gasteiger partial charge >= 0.3 is 6.03 Å². The van der Waals surface area contributed by atoms with Gasteiger partial charge in [-0.2, -0.15) is 0 Å². The van der Waals surface area contributed by atoms with Crippen molar-refractivity contribution in [3.63, 3.8) is 0 Å². The lowest BCUT2D eigenvalue weighted by molar-refractivity contribution is 0.0698. The van der Waals surface area contributed by atoms with E-state index in [0.717, 1.165) is 24.0 Å². The normalized spacial score (nSPS) is 14.3. The molecule has 0 radical (unpaired) electrons. The van der Waals surface area contributed by atoms with Crippen LogP contribution in [0.4, 0.5) is 4.79 Å². The SMILES string of the molecule is Cc1ccc(C(=O)N2CCC(NC(=O)c3ccc(CNC(N)=O)cc3)CC2)cc1. The Morgan fingerprint density at radius 3 is 2.14 bits per heavy atom. The van der Waals surface area contributed by atoms with E-state index in [1.165, 1.54) is 0 Å². The molecule has 0 saturated carbocycles.